The molecule has 1 unspecified atom stereocenters. The lowest BCUT2D eigenvalue weighted by Crippen LogP contribution is -2.38. The Bertz CT molecular complexity index is 433. The highest BCUT2D eigenvalue weighted by Crippen LogP contribution is 2.23. The molecule has 0 radical (unpaired) electrons. The maximum atomic E-state index is 6.06. The van der Waals surface area contributed by atoms with Crippen LogP contribution in [0, 0.1) is 5.92 Å². The van der Waals surface area contributed by atoms with Gasteiger partial charge in [-0.1, -0.05) is 44.4 Å². The first-order chi connectivity index (χ1) is 11.3. The molecule has 0 aliphatic carbocycles. The molecule has 1 fully saturated rings. The van der Waals surface area contributed by atoms with Gasteiger partial charge in [-0.15, -0.1) is 0 Å². The molecule has 1 aromatic rings. The van der Waals surface area contributed by atoms with Gasteiger partial charge in [0.2, 0.25) is 0 Å². The van der Waals surface area contributed by atoms with Gasteiger partial charge in [0.15, 0.2) is 0 Å². The van der Waals surface area contributed by atoms with E-state index in [2.05, 4.69) is 48.5 Å². The van der Waals surface area contributed by atoms with Gasteiger partial charge in [0.05, 0.1) is 6.61 Å². The minimum atomic E-state index is 0.788. The highest BCUT2D eigenvalue weighted by Gasteiger charge is 2.20. The summed E-state index contributed by atoms with van der Waals surface area (Å²) in [5, 5.41) is 3.33. The third-order valence-electron chi connectivity index (χ3n) is 4.72. The highest BCUT2D eigenvalue weighted by atomic mass is 16.5. The highest BCUT2D eigenvalue weighted by molar-refractivity contribution is 5.33. The molecule has 1 aliphatic rings. The molecular formula is C20H34N2O. The number of nitrogens with zero attached hydrogens (tertiary/aromatic N) is 1. The Balaban J connectivity index is 1.84. The van der Waals surface area contributed by atoms with Crippen LogP contribution >= 0.6 is 0 Å². The minimum absolute atomic E-state index is 0.788. The van der Waals surface area contributed by atoms with Gasteiger partial charge >= 0.3 is 0 Å². The lowest BCUT2D eigenvalue weighted by atomic mass is 9.97. The van der Waals surface area contributed by atoms with E-state index in [1.165, 1.54) is 50.8 Å². The molecule has 1 aliphatic heterocycles. The average Bonchev–Trinajstić information content (AvgIpc) is 2.57. The van der Waals surface area contributed by atoms with Crippen molar-refractivity contribution >= 4 is 0 Å². The lowest BCUT2D eigenvalue weighted by Gasteiger charge is -2.33. The van der Waals surface area contributed by atoms with Gasteiger partial charge in [-0.25, -0.2) is 0 Å². The monoisotopic (exact) mass is 318 g/mol. The van der Waals surface area contributed by atoms with Crippen molar-refractivity contribution in [2.24, 2.45) is 5.92 Å². The molecule has 1 heterocycles. The van der Waals surface area contributed by atoms with Gasteiger partial charge in [0.25, 0.3) is 0 Å². The summed E-state index contributed by atoms with van der Waals surface area (Å²) < 4.78 is 6.06. The zero-order chi connectivity index (χ0) is 16.3. The fraction of sp³-hybridized carbons (Fsp3) is 0.700. The van der Waals surface area contributed by atoms with Crippen LogP contribution in [0.15, 0.2) is 24.3 Å². The molecule has 130 valence electrons. The predicted octanol–water partition coefficient (Wildman–Crippen LogP) is 4.08. The van der Waals surface area contributed by atoms with E-state index < -0.39 is 0 Å². The molecular weight excluding hydrogens is 284 g/mol. The van der Waals surface area contributed by atoms with Crippen molar-refractivity contribution in [1.29, 1.82) is 0 Å². The van der Waals surface area contributed by atoms with Crippen LogP contribution in [-0.4, -0.2) is 38.2 Å². The zero-order valence-corrected chi connectivity index (χ0v) is 15.0. The molecule has 1 aromatic carbocycles. The molecule has 0 amide bonds. The number of rotatable bonds is 10. The van der Waals surface area contributed by atoms with Gasteiger partial charge in [-0.3, -0.25) is 4.90 Å². The van der Waals surface area contributed by atoms with E-state index in [0.29, 0.717) is 0 Å². The van der Waals surface area contributed by atoms with Crippen LogP contribution in [0.3, 0.4) is 0 Å². The number of unbranched alkanes of at least 4 members (excludes halogenated alkanes) is 3. The molecule has 0 aromatic heterocycles. The first-order valence-electron chi connectivity index (χ1n) is 9.41. The van der Waals surface area contributed by atoms with Gasteiger partial charge < -0.3 is 10.1 Å². The fourth-order valence-corrected chi connectivity index (χ4v) is 3.48. The minimum Gasteiger partial charge on any atom is -0.493 e. The summed E-state index contributed by atoms with van der Waals surface area (Å²) in [4.78, 5) is 2.59. The number of hydrogen-bond acceptors (Lipinski definition) is 3. The third-order valence-corrected chi connectivity index (χ3v) is 4.72. The summed E-state index contributed by atoms with van der Waals surface area (Å²) in [6, 6.07) is 8.58. The fourth-order valence-electron chi connectivity index (χ4n) is 3.48. The Morgan fingerprint density at radius 2 is 2.09 bits per heavy atom. The van der Waals surface area contributed by atoms with E-state index in [1.807, 2.05) is 0 Å². The molecule has 0 bridgehead atoms. The van der Waals surface area contributed by atoms with Crippen LogP contribution in [0.2, 0.25) is 0 Å². The van der Waals surface area contributed by atoms with Crippen molar-refractivity contribution in [1.82, 2.24) is 10.2 Å². The Kier molecular flexibility index (Phi) is 8.48. The van der Waals surface area contributed by atoms with Crippen molar-refractivity contribution in [3.05, 3.63) is 29.8 Å². The lowest BCUT2D eigenvalue weighted by molar-refractivity contribution is 0.164. The van der Waals surface area contributed by atoms with E-state index in [0.717, 1.165) is 37.8 Å². The zero-order valence-electron chi connectivity index (χ0n) is 15.0. The van der Waals surface area contributed by atoms with Gasteiger partial charge in [-0.2, -0.15) is 0 Å². The molecule has 3 nitrogen and oxygen atoms in total. The van der Waals surface area contributed by atoms with Crippen LogP contribution < -0.4 is 10.1 Å². The average molecular weight is 319 g/mol. The van der Waals surface area contributed by atoms with Crippen LogP contribution in [0.4, 0.5) is 0 Å². The summed E-state index contributed by atoms with van der Waals surface area (Å²) in [7, 11) is 2.06. The van der Waals surface area contributed by atoms with E-state index in [1.54, 1.807) is 0 Å². The smallest absolute Gasteiger partial charge is 0.123 e. The largest absolute Gasteiger partial charge is 0.493 e. The summed E-state index contributed by atoms with van der Waals surface area (Å²) in [6.07, 6.45) is 7.69. The SMILES string of the molecule is CCCCCCOc1ccccc1CN1CCCC(CNC)C1. The van der Waals surface area contributed by atoms with E-state index in [4.69, 9.17) is 4.74 Å². The number of hydrogen-bond donors (Lipinski definition) is 1. The molecule has 1 N–H and O–H groups in total. The maximum absolute atomic E-state index is 6.06. The summed E-state index contributed by atoms with van der Waals surface area (Å²) in [5.41, 5.74) is 1.34. The Morgan fingerprint density at radius 3 is 2.91 bits per heavy atom. The van der Waals surface area contributed by atoms with Gasteiger partial charge in [-0.05, 0) is 51.4 Å². The van der Waals surface area contributed by atoms with Crippen molar-refractivity contribution in [2.75, 3.05) is 33.3 Å². The predicted molar refractivity (Wildman–Crippen MR) is 98.0 cm³/mol. The first kappa shape index (κ1) is 18.3. The molecule has 0 saturated carbocycles. The van der Waals surface area contributed by atoms with Crippen molar-refractivity contribution in [2.45, 2.75) is 52.0 Å². The van der Waals surface area contributed by atoms with Crippen LogP contribution in [0.25, 0.3) is 0 Å². The Morgan fingerprint density at radius 1 is 1.22 bits per heavy atom. The topological polar surface area (TPSA) is 24.5 Å². The van der Waals surface area contributed by atoms with Crippen molar-refractivity contribution in [3.8, 4) is 5.75 Å². The molecule has 1 saturated heterocycles. The van der Waals surface area contributed by atoms with E-state index in [9.17, 15) is 0 Å². The second-order valence-corrected chi connectivity index (χ2v) is 6.82. The van der Waals surface area contributed by atoms with Crippen molar-refractivity contribution in [3.63, 3.8) is 0 Å². The van der Waals surface area contributed by atoms with Crippen LogP contribution in [0.1, 0.15) is 51.0 Å². The normalized spacial score (nSPS) is 19.0. The first-order valence-corrected chi connectivity index (χ1v) is 9.41. The molecule has 2 rings (SSSR count). The van der Waals surface area contributed by atoms with E-state index in [-0.39, 0.29) is 0 Å². The number of likely N-dealkylation sites (tertiary alicyclic amines) is 1. The number of benzene rings is 1. The van der Waals surface area contributed by atoms with E-state index >= 15 is 0 Å². The molecule has 0 spiro atoms. The number of para-hydroxylation sites is 1. The quantitative estimate of drug-likeness (QED) is 0.658. The Hall–Kier alpha value is -1.06. The Labute approximate surface area is 142 Å². The van der Waals surface area contributed by atoms with Crippen LogP contribution in [-0.2, 0) is 6.54 Å². The molecule has 1 atom stereocenters. The molecule has 23 heavy (non-hydrogen) atoms. The van der Waals surface area contributed by atoms with Crippen LogP contribution in [0.5, 0.6) is 5.75 Å². The second kappa shape index (κ2) is 10.7. The maximum Gasteiger partial charge on any atom is 0.123 e. The summed E-state index contributed by atoms with van der Waals surface area (Å²) in [6.45, 7) is 7.66. The summed E-state index contributed by atoms with van der Waals surface area (Å²) >= 11 is 0. The number of nitrogens with one attached hydrogen (secondary N) is 1. The van der Waals surface area contributed by atoms with Gasteiger partial charge in [0.1, 0.15) is 5.75 Å². The summed E-state index contributed by atoms with van der Waals surface area (Å²) in [5.74, 6) is 1.87. The second-order valence-electron chi connectivity index (χ2n) is 6.82. The molecule has 3 heteroatoms. The third kappa shape index (κ3) is 6.52. The number of piperidine rings is 1. The van der Waals surface area contributed by atoms with Crippen molar-refractivity contribution < 1.29 is 4.74 Å². The number of ether oxygens (including phenoxy) is 1. The standard InChI is InChI=1S/C20H34N2O/c1-3-4-5-8-14-23-20-12-7-6-11-19(20)17-22-13-9-10-18(16-22)15-21-2/h6-7,11-12,18,21H,3-5,8-10,13-17H2,1-2H3. The van der Waals surface area contributed by atoms with Gasteiger partial charge in [0, 0.05) is 18.7 Å².